The molecule has 0 fully saturated rings. The summed E-state index contributed by atoms with van der Waals surface area (Å²) in [6, 6.07) is 26.9. The number of hydrogen-bond donors (Lipinski definition) is 0. The second kappa shape index (κ2) is 16.9. The fourth-order valence-electron chi connectivity index (χ4n) is 6.73. The number of para-hydroxylation sites is 2. The molecule has 0 aliphatic carbocycles. The van der Waals surface area contributed by atoms with Gasteiger partial charge in [-0.25, -0.2) is 8.42 Å². The quantitative estimate of drug-likeness (QED) is 0.118. The van der Waals surface area contributed by atoms with Crippen LogP contribution in [-0.2, 0) is 23.2 Å². The topological polar surface area (TPSA) is 95.6 Å². The van der Waals surface area contributed by atoms with Gasteiger partial charge in [-0.2, -0.15) is 4.57 Å². The predicted octanol–water partition coefficient (Wildman–Crippen LogP) is 8.52. The second-order valence-corrected chi connectivity index (χ2v) is 18.2. The van der Waals surface area contributed by atoms with E-state index in [1.54, 1.807) is 35.2 Å². The van der Waals surface area contributed by atoms with Gasteiger partial charge >= 0.3 is 0 Å². The van der Waals surface area contributed by atoms with E-state index in [2.05, 4.69) is 104 Å². The number of aromatic nitrogens is 2. The van der Waals surface area contributed by atoms with Crippen molar-refractivity contribution in [1.29, 1.82) is 0 Å². The Labute approximate surface area is 345 Å². The van der Waals surface area contributed by atoms with E-state index in [1.165, 1.54) is 55.4 Å². The highest BCUT2D eigenvalue weighted by Gasteiger charge is 2.24. The van der Waals surface area contributed by atoms with Crippen LogP contribution in [0.4, 0.5) is 5.69 Å². The maximum absolute atomic E-state index is 13.6. The Kier molecular flexibility index (Phi) is 11.9. The van der Waals surface area contributed by atoms with Crippen molar-refractivity contribution in [2.75, 3.05) is 11.4 Å². The molecule has 4 aromatic carbocycles. The summed E-state index contributed by atoms with van der Waals surface area (Å²) in [5.74, 6) is 1.59. The molecule has 2 aliphatic heterocycles. The molecule has 12 heteroatoms. The number of hydrogen-bond acceptors (Lipinski definition) is 9. The molecule has 57 heavy (non-hydrogen) atoms. The van der Waals surface area contributed by atoms with Gasteiger partial charge in [0.25, 0.3) is 10.6 Å². The third kappa shape index (κ3) is 8.51. The Hall–Kier alpha value is -4.98. The third-order valence-electron chi connectivity index (χ3n) is 9.82. The molecule has 4 heterocycles. The van der Waals surface area contributed by atoms with Gasteiger partial charge in [0.15, 0.2) is 0 Å². The number of thiazole rings is 2. The molecule has 0 spiro atoms. The molecule has 8 rings (SSSR count). The summed E-state index contributed by atoms with van der Waals surface area (Å²) in [5, 5.41) is 2.28. The second-order valence-electron chi connectivity index (χ2n) is 13.6. The number of aryl methyl sites for hydroxylation is 4. The van der Waals surface area contributed by atoms with E-state index in [-0.39, 0.29) is 10.5 Å². The Morgan fingerprint density at radius 3 is 2.28 bits per heavy atom. The Morgan fingerprint density at radius 2 is 1.56 bits per heavy atom. The van der Waals surface area contributed by atoms with Crippen LogP contribution in [0.5, 0.6) is 5.75 Å². The van der Waals surface area contributed by atoms with Gasteiger partial charge in [-0.15, -0.1) is 11.3 Å². The lowest BCUT2D eigenvalue weighted by molar-refractivity contribution is -0.665. The standard InChI is InChI=1S/C38H36N3O2S3.C7H8O3S/c1-6-39-29-14-10-12-16-32(29)44-35(39)18-17-33-38(42)41(8-3)36(45-33)22-26-21-27(43-31-15-11-9-13-28(26)31)23-37-40(7-2)30-19-24(4)25(5)20-34(30)46-37;1-6-2-4-7(5-3-6)11(8,9)10/h9-23H,6-8H2,1-5H3;2-5H,1H3,(H,8,9,10)/q+1;/p-1/b33-17+,35-18?;. The Balaban J connectivity index is 0.000000391. The summed E-state index contributed by atoms with van der Waals surface area (Å²) in [6.45, 7) is 14.9. The molecule has 0 N–H and O–H groups in total. The first kappa shape index (κ1) is 40.2. The van der Waals surface area contributed by atoms with Crippen molar-refractivity contribution >= 4 is 84.3 Å². The van der Waals surface area contributed by atoms with Crippen molar-refractivity contribution in [3.63, 3.8) is 0 Å². The fraction of sp³-hybridized carbons (Fsp3) is 0.200. The zero-order valence-corrected chi connectivity index (χ0v) is 35.9. The number of thioether (sulfide) groups is 1. The summed E-state index contributed by atoms with van der Waals surface area (Å²) in [5.41, 5.74) is 8.08. The number of allylic oxidation sites excluding steroid dienone is 3. The third-order valence-corrected chi connectivity index (χ3v) is 14.0. The molecule has 0 atom stereocenters. The Bertz CT molecular complexity index is 2900. The molecule has 292 valence electrons. The number of ether oxygens (including phenoxy) is 1. The number of benzene rings is 4. The highest BCUT2D eigenvalue weighted by atomic mass is 32.2. The van der Waals surface area contributed by atoms with Crippen LogP contribution in [-0.4, -0.2) is 24.1 Å². The van der Waals surface area contributed by atoms with Gasteiger partial charge in [-0.1, -0.05) is 71.1 Å². The SMILES string of the molecule is CCN1C(=C/C=c2/sc(=CC3=CC(=Cc4sc5cc(C)c(C)cc5[n+]4CC)Oc4ccccc43)n(CC)c2=O)Sc2ccccc21.Cc1ccc(S(=O)(=O)[O-])cc1. The molecular weight excluding hydrogens is 791 g/mol. The Morgan fingerprint density at radius 1 is 0.842 bits per heavy atom. The lowest BCUT2D eigenvalue weighted by atomic mass is 10.0. The summed E-state index contributed by atoms with van der Waals surface area (Å²) in [6.07, 6.45) is 10.5. The van der Waals surface area contributed by atoms with Gasteiger partial charge in [-0.3, -0.25) is 9.36 Å². The van der Waals surface area contributed by atoms with Crippen LogP contribution in [0, 0.1) is 20.8 Å². The molecule has 6 aromatic rings. The van der Waals surface area contributed by atoms with Crippen LogP contribution in [0.3, 0.4) is 0 Å². The molecule has 0 saturated heterocycles. The van der Waals surface area contributed by atoms with Crippen molar-refractivity contribution in [3.8, 4) is 5.75 Å². The van der Waals surface area contributed by atoms with E-state index in [9.17, 15) is 17.8 Å². The normalized spacial score (nSPS) is 15.8. The van der Waals surface area contributed by atoms with Crippen molar-refractivity contribution in [2.45, 2.75) is 64.4 Å². The number of rotatable bonds is 7. The summed E-state index contributed by atoms with van der Waals surface area (Å²) in [7, 11) is -4.27. The van der Waals surface area contributed by atoms with Crippen LogP contribution < -0.4 is 29.0 Å². The van der Waals surface area contributed by atoms with Crippen LogP contribution in [0.1, 0.15) is 48.0 Å². The highest BCUT2D eigenvalue weighted by Crippen LogP contribution is 2.45. The molecule has 2 aliphatic rings. The van der Waals surface area contributed by atoms with E-state index < -0.39 is 10.1 Å². The maximum Gasteiger partial charge on any atom is 0.269 e. The minimum Gasteiger partial charge on any atom is -0.744 e. The van der Waals surface area contributed by atoms with Gasteiger partial charge in [0, 0.05) is 29.6 Å². The van der Waals surface area contributed by atoms with Crippen molar-refractivity contribution in [3.05, 3.63) is 155 Å². The van der Waals surface area contributed by atoms with Gasteiger partial charge in [0.2, 0.25) is 5.52 Å². The van der Waals surface area contributed by atoms with Gasteiger partial charge < -0.3 is 14.2 Å². The molecule has 0 amide bonds. The average Bonchev–Trinajstić information content (AvgIpc) is 3.82. The molecule has 0 unspecified atom stereocenters. The van der Waals surface area contributed by atoms with Crippen molar-refractivity contribution < 1.29 is 22.3 Å². The smallest absolute Gasteiger partial charge is 0.269 e. The van der Waals surface area contributed by atoms with Crippen molar-refractivity contribution in [2.24, 2.45) is 0 Å². The molecule has 0 bridgehead atoms. The van der Waals surface area contributed by atoms with Crippen LogP contribution >= 0.6 is 34.4 Å². The van der Waals surface area contributed by atoms with E-state index in [4.69, 9.17) is 4.74 Å². The fourth-order valence-corrected chi connectivity index (χ4v) is 10.6. The zero-order valence-electron chi connectivity index (χ0n) is 32.6. The van der Waals surface area contributed by atoms with E-state index >= 15 is 0 Å². The van der Waals surface area contributed by atoms with E-state index in [1.807, 2.05) is 42.7 Å². The minimum absolute atomic E-state index is 0.0377. The first-order valence-corrected chi connectivity index (χ1v) is 22.6. The van der Waals surface area contributed by atoms with Gasteiger partial charge in [0.05, 0.1) is 30.9 Å². The van der Waals surface area contributed by atoms with Crippen LogP contribution in [0.25, 0.3) is 34.0 Å². The van der Waals surface area contributed by atoms with Crippen LogP contribution in [0.2, 0.25) is 0 Å². The van der Waals surface area contributed by atoms with Crippen LogP contribution in [0.15, 0.2) is 122 Å². The van der Waals surface area contributed by atoms with E-state index in [0.29, 0.717) is 6.54 Å². The zero-order chi connectivity index (χ0) is 40.4. The van der Waals surface area contributed by atoms with E-state index in [0.717, 1.165) is 60.5 Å². The minimum atomic E-state index is -4.27. The molecule has 2 aromatic heterocycles. The summed E-state index contributed by atoms with van der Waals surface area (Å²) in [4.78, 5) is 17.0. The monoisotopic (exact) mass is 833 g/mol. The number of nitrogens with zero attached hydrogens (tertiary/aromatic N) is 3. The van der Waals surface area contributed by atoms with Crippen molar-refractivity contribution in [1.82, 2.24) is 4.57 Å². The lowest BCUT2D eigenvalue weighted by Gasteiger charge is -2.18. The highest BCUT2D eigenvalue weighted by molar-refractivity contribution is 8.03. The number of fused-ring (bicyclic) bond motifs is 3. The summed E-state index contributed by atoms with van der Waals surface area (Å²) < 4.78 is 44.8. The number of anilines is 1. The molecule has 0 saturated carbocycles. The van der Waals surface area contributed by atoms with Gasteiger partial charge in [0.1, 0.15) is 32.9 Å². The lowest BCUT2D eigenvalue weighted by Crippen LogP contribution is -2.33. The van der Waals surface area contributed by atoms with Gasteiger partial charge in [-0.05, 0) is 119 Å². The molecule has 0 radical (unpaired) electrons. The largest absolute Gasteiger partial charge is 0.744 e. The predicted molar refractivity (Wildman–Crippen MR) is 235 cm³/mol. The molecule has 8 nitrogen and oxygen atoms in total. The first-order chi connectivity index (χ1) is 27.4. The maximum atomic E-state index is 13.6. The molecular formula is C45H43N3O5S4. The first-order valence-electron chi connectivity index (χ1n) is 18.7. The average molecular weight is 834 g/mol. The summed E-state index contributed by atoms with van der Waals surface area (Å²) >= 11 is 5.07.